The maximum absolute atomic E-state index is 13.8. The third kappa shape index (κ3) is 8.10. The predicted octanol–water partition coefficient (Wildman–Crippen LogP) is 5.54. The highest BCUT2D eigenvalue weighted by molar-refractivity contribution is 5.88. The molecule has 202 valence electrons. The number of benzene rings is 3. The quantitative estimate of drug-likeness (QED) is 0.343. The van der Waals surface area contributed by atoms with Crippen LogP contribution < -0.4 is 14.8 Å². The van der Waals surface area contributed by atoms with Crippen LogP contribution in [-0.2, 0) is 28.0 Å². The molecule has 38 heavy (non-hydrogen) atoms. The molecule has 0 aliphatic carbocycles. The van der Waals surface area contributed by atoms with E-state index in [-0.39, 0.29) is 30.4 Å². The summed E-state index contributed by atoms with van der Waals surface area (Å²) in [6.45, 7) is 8.95. The molecule has 0 spiro atoms. The van der Waals surface area contributed by atoms with Crippen molar-refractivity contribution >= 4 is 11.8 Å². The Hall–Kier alpha value is -3.80. The van der Waals surface area contributed by atoms with Gasteiger partial charge in [-0.3, -0.25) is 9.59 Å². The molecule has 0 bridgehead atoms. The first kappa shape index (κ1) is 28.8. The number of ether oxygens (including phenoxy) is 2. The largest absolute Gasteiger partial charge is 0.497 e. The van der Waals surface area contributed by atoms with E-state index in [2.05, 4.69) is 26.1 Å². The zero-order chi connectivity index (χ0) is 27.5. The monoisotopic (exact) mass is 516 g/mol. The molecule has 3 rings (SSSR count). The normalized spacial score (nSPS) is 11.9. The van der Waals surface area contributed by atoms with Crippen molar-refractivity contribution in [3.05, 3.63) is 95.6 Å². The van der Waals surface area contributed by atoms with Crippen LogP contribution >= 0.6 is 0 Å². The number of carbonyl (C=O) groups excluding carboxylic acids is 2. The fourth-order valence-corrected chi connectivity index (χ4v) is 4.32. The molecule has 0 fully saturated rings. The minimum Gasteiger partial charge on any atom is -0.497 e. The fraction of sp³-hybridized carbons (Fsp3) is 0.375. The van der Waals surface area contributed by atoms with Crippen LogP contribution in [0.3, 0.4) is 0 Å². The van der Waals surface area contributed by atoms with Gasteiger partial charge in [0.2, 0.25) is 5.91 Å². The smallest absolute Gasteiger partial charge is 0.261 e. The van der Waals surface area contributed by atoms with Crippen LogP contribution in [0, 0.1) is 0 Å². The molecule has 6 nitrogen and oxygen atoms in total. The van der Waals surface area contributed by atoms with E-state index < -0.39 is 6.04 Å². The van der Waals surface area contributed by atoms with Crippen LogP contribution in [0.5, 0.6) is 11.5 Å². The first-order valence-corrected chi connectivity index (χ1v) is 13.2. The minimum atomic E-state index is -0.705. The summed E-state index contributed by atoms with van der Waals surface area (Å²) in [6, 6.07) is 24.4. The van der Waals surface area contributed by atoms with Crippen LogP contribution in [0.4, 0.5) is 0 Å². The Morgan fingerprint density at radius 2 is 1.61 bits per heavy atom. The van der Waals surface area contributed by atoms with Crippen molar-refractivity contribution in [2.45, 2.75) is 58.5 Å². The number of hydrogen-bond donors (Lipinski definition) is 1. The van der Waals surface area contributed by atoms with Crippen LogP contribution in [0.1, 0.15) is 50.8 Å². The van der Waals surface area contributed by atoms with Crippen LogP contribution in [-0.4, -0.2) is 43.0 Å². The molecule has 0 saturated heterocycles. The van der Waals surface area contributed by atoms with Gasteiger partial charge in [-0.1, -0.05) is 88.4 Å². The van der Waals surface area contributed by atoms with E-state index in [9.17, 15) is 9.59 Å². The first-order valence-electron chi connectivity index (χ1n) is 13.2. The third-order valence-electron chi connectivity index (χ3n) is 6.35. The summed E-state index contributed by atoms with van der Waals surface area (Å²) in [7, 11) is 1.61. The number of nitrogens with zero attached hydrogens (tertiary/aromatic N) is 1. The molecule has 3 aromatic rings. The highest BCUT2D eigenvalue weighted by Gasteiger charge is 2.31. The molecule has 2 amide bonds. The second kappa shape index (κ2) is 13.7. The molecule has 1 unspecified atom stereocenters. The topological polar surface area (TPSA) is 67.9 Å². The Morgan fingerprint density at radius 3 is 2.29 bits per heavy atom. The average Bonchev–Trinajstić information content (AvgIpc) is 2.92. The van der Waals surface area contributed by atoms with Crippen LogP contribution in [0.25, 0.3) is 0 Å². The highest BCUT2D eigenvalue weighted by Crippen LogP contribution is 2.31. The molecular weight excluding hydrogens is 476 g/mol. The number of carbonyl (C=O) groups is 2. The Labute approximate surface area is 227 Å². The SMILES string of the molecule is CCCNC(=O)C(Cc1ccccc1)N(Cc1cccc(OC)c1)C(=O)COc1ccccc1C(C)(C)C. The lowest BCUT2D eigenvalue weighted by Crippen LogP contribution is -2.51. The molecular formula is C32H40N2O4. The number of hydrogen-bond acceptors (Lipinski definition) is 4. The number of para-hydroxylation sites is 1. The second-order valence-electron chi connectivity index (χ2n) is 10.4. The predicted molar refractivity (Wildman–Crippen MR) is 151 cm³/mol. The summed E-state index contributed by atoms with van der Waals surface area (Å²) in [6.07, 6.45) is 1.20. The lowest BCUT2D eigenvalue weighted by atomic mass is 9.86. The van der Waals surface area contributed by atoms with E-state index in [0.29, 0.717) is 24.5 Å². The Bertz CT molecular complexity index is 1190. The van der Waals surface area contributed by atoms with Gasteiger partial charge >= 0.3 is 0 Å². The molecule has 0 heterocycles. The zero-order valence-corrected chi connectivity index (χ0v) is 23.2. The van der Waals surface area contributed by atoms with Crippen molar-refractivity contribution < 1.29 is 19.1 Å². The number of amides is 2. The Kier molecular flexibility index (Phi) is 10.3. The van der Waals surface area contributed by atoms with E-state index in [1.54, 1.807) is 12.0 Å². The summed E-state index contributed by atoms with van der Waals surface area (Å²) in [5.41, 5.74) is 2.73. The molecule has 1 N–H and O–H groups in total. The second-order valence-corrected chi connectivity index (χ2v) is 10.4. The van der Waals surface area contributed by atoms with Gasteiger partial charge in [-0.05, 0) is 46.7 Å². The minimum absolute atomic E-state index is 0.143. The fourth-order valence-electron chi connectivity index (χ4n) is 4.32. The molecule has 0 aliphatic rings. The van der Waals surface area contributed by atoms with Crippen molar-refractivity contribution in [3.63, 3.8) is 0 Å². The molecule has 0 radical (unpaired) electrons. The van der Waals surface area contributed by atoms with Gasteiger partial charge in [-0.2, -0.15) is 0 Å². The van der Waals surface area contributed by atoms with Crippen LogP contribution in [0.2, 0.25) is 0 Å². The number of rotatable bonds is 12. The lowest BCUT2D eigenvalue weighted by Gasteiger charge is -2.32. The van der Waals surface area contributed by atoms with Crippen LogP contribution in [0.15, 0.2) is 78.9 Å². The van der Waals surface area contributed by atoms with E-state index in [0.717, 1.165) is 23.1 Å². The summed E-state index contributed by atoms with van der Waals surface area (Å²) in [5.74, 6) is 0.927. The molecule has 0 saturated carbocycles. The van der Waals surface area contributed by atoms with E-state index in [4.69, 9.17) is 9.47 Å². The molecule has 6 heteroatoms. The number of nitrogens with one attached hydrogen (secondary N) is 1. The van der Waals surface area contributed by atoms with E-state index in [1.807, 2.05) is 85.8 Å². The van der Waals surface area contributed by atoms with Gasteiger partial charge in [-0.15, -0.1) is 0 Å². The summed E-state index contributed by atoms with van der Waals surface area (Å²) in [5, 5.41) is 3.00. The van der Waals surface area contributed by atoms with E-state index >= 15 is 0 Å². The standard InChI is InChI=1S/C32H40N2O4/c1-6-19-33-31(36)28(21-24-13-8-7-9-14-24)34(22-25-15-12-16-26(20-25)37-5)30(35)23-38-29-18-11-10-17-27(29)32(2,3)4/h7-18,20,28H,6,19,21-23H2,1-5H3,(H,33,36). The van der Waals surface area contributed by atoms with Gasteiger partial charge < -0.3 is 19.7 Å². The van der Waals surface area contributed by atoms with Gasteiger partial charge in [0.15, 0.2) is 6.61 Å². The van der Waals surface area contributed by atoms with Gasteiger partial charge in [0, 0.05) is 19.5 Å². The Balaban J connectivity index is 1.94. The van der Waals surface area contributed by atoms with Gasteiger partial charge in [-0.25, -0.2) is 0 Å². The molecule has 3 aromatic carbocycles. The molecule has 0 aliphatic heterocycles. The van der Waals surface area contributed by atoms with Crippen molar-refractivity contribution in [1.82, 2.24) is 10.2 Å². The summed E-state index contributed by atoms with van der Waals surface area (Å²) < 4.78 is 11.5. The summed E-state index contributed by atoms with van der Waals surface area (Å²) in [4.78, 5) is 28.9. The zero-order valence-electron chi connectivity index (χ0n) is 23.2. The van der Waals surface area contributed by atoms with Crippen molar-refractivity contribution in [1.29, 1.82) is 0 Å². The summed E-state index contributed by atoms with van der Waals surface area (Å²) >= 11 is 0. The first-order chi connectivity index (χ1) is 18.2. The molecule has 1 atom stereocenters. The third-order valence-corrected chi connectivity index (χ3v) is 6.35. The van der Waals surface area contributed by atoms with Gasteiger partial charge in [0.1, 0.15) is 17.5 Å². The van der Waals surface area contributed by atoms with Crippen molar-refractivity contribution in [2.24, 2.45) is 0 Å². The van der Waals surface area contributed by atoms with Gasteiger partial charge in [0.05, 0.1) is 7.11 Å². The van der Waals surface area contributed by atoms with E-state index in [1.165, 1.54) is 0 Å². The van der Waals surface area contributed by atoms with Crippen molar-refractivity contribution in [3.8, 4) is 11.5 Å². The van der Waals surface area contributed by atoms with Gasteiger partial charge in [0.25, 0.3) is 5.91 Å². The average molecular weight is 517 g/mol. The maximum Gasteiger partial charge on any atom is 0.261 e. The lowest BCUT2D eigenvalue weighted by molar-refractivity contribution is -0.142. The maximum atomic E-state index is 13.8. The highest BCUT2D eigenvalue weighted by atomic mass is 16.5. The Morgan fingerprint density at radius 1 is 0.921 bits per heavy atom. The molecule has 0 aromatic heterocycles. The number of methoxy groups -OCH3 is 1. The van der Waals surface area contributed by atoms with Crippen molar-refractivity contribution in [2.75, 3.05) is 20.3 Å².